The summed E-state index contributed by atoms with van der Waals surface area (Å²) in [6.45, 7) is 2.94. The summed E-state index contributed by atoms with van der Waals surface area (Å²) in [6.07, 6.45) is 10.2. The summed E-state index contributed by atoms with van der Waals surface area (Å²) >= 11 is 0. The fraction of sp³-hybridized carbons (Fsp3) is 0.850. The molecular weight excluding hydrogens is 288 g/mol. The predicted octanol–water partition coefficient (Wildman–Crippen LogP) is 3.10. The van der Waals surface area contributed by atoms with E-state index in [1.807, 2.05) is 6.08 Å². The van der Waals surface area contributed by atoms with Crippen molar-refractivity contribution in [1.82, 2.24) is 0 Å². The van der Waals surface area contributed by atoms with Gasteiger partial charge in [-0.1, -0.05) is 12.5 Å². The molecule has 4 aliphatic rings. The summed E-state index contributed by atoms with van der Waals surface area (Å²) in [5.41, 5.74) is 1.42. The van der Waals surface area contributed by atoms with Crippen molar-refractivity contribution in [3.8, 4) is 0 Å². The summed E-state index contributed by atoms with van der Waals surface area (Å²) in [4.78, 5) is 11.9. The minimum Gasteiger partial charge on any atom is -0.396 e. The van der Waals surface area contributed by atoms with E-state index >= 15 is 0 Å². The number of aliphatic hydroxyl groups is 2. The van der Waals surface area contributed by atoms with E-state index in [4.69, 9.17) is 0 Å². The Hall–Kier alpha value is -0.670. The molecule has 0 aliphatic heterocycles. The molecule has 0 unspecified atom stereocenters. The van der Waals surface area contributed by atoms with Crippen LogP contribution >= 0.6 is 0 Å². The Labute approximate surface area is 139 Å². The highest BCUT2D eigenvalue weighted by atomic mass is 16.3. The van der Waals surface area contributed by atoms with Gasteiger partial charge < -0.3 is 10.2 Å². The van der Waals surface area contributed by atoms with Gasteiger partial charge in [-0.3, -0.25) is 4.79 Å². The zero-order valence-corrected chi connectivity index (χ0v) is 14.3. The van der Waals surface area contributed by atoms with Crippen LogP contribution < -0.4 is 0 Å². The van der Waals surface area contributed by atoms with Gasteiger partial charge >= 0.3 is 0 Å². The molecule has 2 N–H and O–H groups in total. The number of rotatable bonds is 2. The average Bonchev–Trinajstić information content (AvgIpc) is 2.90. The molecule has 3 fully saturated rings. The molecule has 0 saturated heterocycles. The Morgan fingerprint density at radius 3 is 2.65 bits per heavy atom. The van der Waals surface area contributed by atoms with E-state index in [0.29, 0.717) is 36.7 Å². The zero-order valence-electron chi connectivity index (χ0n) is 14.3. The number of hydrogen-bond donors (Lipinski definition) is 2. The molecule has 0 aromatic heterocycles. The number of hydrogen-bond acceptors (Lipinski definition) is 3. The fourth-order valence-corrected chi connectivity index (χ4v) is 7.07. The van der Waals surface area contributed by atoms with Gasteiger partial charge in [-0.05, 0) is 80.1 Å². The van der Waals surface area contributed by atoms with E-state index in [-0.39, 0.29) is 23.2 Å². The first-order valence-corrected chi connectivity index (χ1v) is 9.51. The van der Waals surface area contributed by atoms with Crippen LogP contribution in [-0.4, -0.2) is 29.2 Å². The van der Waals surface area contributed by atoms with Crippen LogP contribution in [0.15, 0.2) is 11.6 Å². The Bertz CT molecular complexity index is 539. The number of aliphatic hydroxyl groups excluding tert-OH is 2. The largest absolute Gasteiger partial charge is 0.396 e. The van der Waals surface area contributed by atoms with Crippen molar-refractivity contribution in [3.63, 3.8) is 0 Å². The highest BCUT2D eigenvalue weighted by Crippen LogP contribution is 2.66. The third-order valence-corrected chi connectivity index (χ3v) is 8.39. The van der Waals surface area contributed by atoms with Crippen LogP contribution in [0.1, 0.15) is 58.3 Å². The van der Waals surface area contributed by atoms with Crippen LogP contribution in [0.3, 0.4) is 0 Å². The predicted molar refractivity (Wildman–Crippen MR) is 88.7 cm³/mol. The van der Waals surface area contributed by atoms with Gasteiger partial charge in [-0.2, -0.15) is 0 Å². The van der Waals surface area contributed by atoms with Gasteiger partial charge in [0.25, 0.3) is 0 Å². The van der Waals surface area contributed by atoms with E-state index in [2.05, 4.69) is 6.92 Å². The van der Waals surface area contributed by atoms with E-state index < -0.39 is 0 Å². The van der Waals surface area contributed by atoms with Crippen molar-refractivity contribution in [2.45, 2.75) is 58.3 Å². The van der Waals surface area contributed by atoms with Crippen molar-refractivity contribution in [2.24, 2.45) is 34.5 Å². The highest BCUT2D eigenvalue weighted by Gasteiger charge is 2.59. The Morgan fingerprint density at radius 1 is 1.09 bits per heavy atom. The molecule has 128 valence electrons. The topological polar surface area (TPSA) is 57.5 Å². The third-order valence-electron chi connectivity index (χ3n) is 8.39. The second-order valence-corrected chi connectivity index (χ2v) is 8.87. The highest BCUT2D eigenvalue weighted by molar-refractivity contribution is 5.91. The van der Waals surface area contributed by atoms with Gasteiger partial charge in [-0.25, -0.2) is 0 Å². The summed E-state index contributed by atoms with van der Waals surface area (Å²) < 4.78 is 0. The molecule has 0 spiro atoms. The Kier molecular flexibility index (Phi) is 3.73. The minimum absolute atomic E-state index is 0.116. The summed E-state index contributed by atoms with van der Waals surface area (Å²) in [5, 5.41) is 20.1. The van der Waals surface area contributed by atoms with Gasteiger partial charge in [0.2, 0.25) is 0 Å². The van der Waals surface area contributed by atoms with Gasteiger partial charge in [-0.15, -0.1) is 0 Å². The molecule has 3 nitrogen and oxygen atoms in total. The molecule has 3 saturated carbocycles. The molecule has 0 aromatic rings. The molecule has 3 heteroatoms. The maximum atomic E-state index is 11.9. The maximum Gasteiger partial charge on any atom is 0.155 e. The SMILES string of the molecule is C[C@]12CC[C@H]3[C@@H](CCC4=CC(=O)CC[C@@]43CO)[C@@H]1CC[C@@H]2CO. The molecular formula is C20H30O3. The number of fused-ring (bicyclic) bond motifs is 5. The first kappa shape index (κ1) is 15.8. The molecule has 0 amide bonds. The molecule has 0 aromatic carbocycles. The zero-order chi connectivity index (χ0) is 16.2. The lowest BCUT2D eigenvalue weighted by Gasteiger charge is -2.58. The molecule has 6 atom stereocenters. The van der Waals surface area contributed by atoms with Crippen molar-refractivity contribution < 1.29 is 15.0 Å². The van der Waals surface area contributed by atoms with E-state index in [9.17, 15) is 15.0 Å². The van der Waals surface area contributed by atoms with Crippen LogP contribution in [0.5, 0.6) is 0 Å². The standard InChI is InChI=1S/C20H30O3/c1-19-8-7-18-16(17(19)5-3-14(19)11-21)4-2-13-10-15(23)6-9-20(13,18)12-22/h10,14,16-18,21-22H,2-9,11-12H2,1H3/t14-,16+,17+,18+,19-,20-/m1/s1. The first-order chi connectivity index (χ1) is 11.0. The Morgan fingerprint density at radius 2 is 1.91 bits per heavy atom. The minimum atomic E-state index is -0.116. The summed E-state index contributed by atoms with van der Waals surface area (Å²) in [6, 6.07) is 0. The number of ketones is 1. The van der Waals surface area contributed by atoms with Crippen LogP contribution in [0.4, 0.5) is 0 Å². The van der Waals surface area contributed by atoms with Crippen LogP contribution in [-0.2, 0) is 4.79 Å². The van der Waals surface area contributed by atoms with Crippen LogP contribution in [0.2, 0.25) is 0 Å². The van der Waals surface area contributed by atoms with Gasteiger partial charge in [0.15, 0.2) is 5.78 Å². The van der Waals surface area contributed by atoms with E-state index in [1.54, 1.807) is 0 Å². The van der Waals surface area contributed by atoms with Crippen molar-refractivity contribution in [3.05, 3.63) is 11.6 Å². The molecule has 23 heavy (non-hydrogen) atoms. The number of carbonyl (C=O) groups is 1. The molecule has 0 radical (unpaired) electrons. The lowest BCUT2D eigenvalue weighted by Crippen LogP contribution is -2.53. The quantitative estimate of drug-likeness (QED) is 0.822. The molecule has 0 bridgehead atoms. The van der Waals surface area contributed by atoms with Crippen molar-refractivity contribution in [2.75, 3.05) is 13.2 Å². The summed E-state index contributed by atoms with van der Waals surface area (Å²) in [7, 11) is 0. The lowest BCUT2D eigenvalue weighted by atomic mass is 9.46. The van der Waals surface area contributed by atoms with Gasteiger partial charge in [0.05, 0.1) is 6.61 Å². The Balaban J connectivity index is 1.69. The first-order valence-electron chi connectivity index (χ1n) is 9.51. The van der Waals surface area contributed by atoms with Gasteiger partial charge in [0, 0.05) is 18.4 Å². The second kappa shape index (κ2) is 5.42. The summed E-state index contributed by atoms with van der Waals surface area (Å²) in [5.74, 6) is 2.62. The van der Waals surface area contributed by atoms with Crippen LogP contribution in [0.25, 0.3) is 0 Å². The van der Waals surface area contributed by atoms with Crippen LogP contribution in [0, 0.1) is 34.5 Å². The smallest absolute Gasteiger partial charge is 0.155 e. The number of carbonyl (C=O) groups excluding carboxylic acids is 1. The molecule has 0 heterocycles. The fourth-order valence-electron chi connectivity index (χ4n) is 7.07. The van der Waals surface area contributed by atoms with E-state index in [1.165, 1.54) is 24.8 Å². The monoisotopic (exact) mass is 318 g/mol. The third kappa shape index (κ3) is 2.05. The molecule has 4 rings (SSSR count). The second-order valence-electron chi connectivity index (χ2n) is 8.87. The van der Waals surface area contributed by atoms with Crippen molar-refractivity contribution in [1.29, 1.82) is 0 Å². The van der Waals surface area contributed by atoms with Gasteiger partial charge in [0.1, 0.15) is 0 Å². The average molecular weight is 318 g/mol. The van der Waals surface area contributed by atoms with E-state index in [0.717, 1.165) is 25.7 Å². The molecule has 4 aliphatic carbocycles. The normalized spacial score (nSPS) is 49.2. The lowest BCUT2D eigenvalue weighted by molar-refractivity contribution is -0.119. The maximum absolute atomic E-state index is 11.9. The van der Waals surface area contributed by atoms with Crippen molar-refractivity contribution >= 4 is 5.78 Å².